The minimum absolute atomic E-state index is 0.0874. The Hall–Kier alpha value is -1.30. The first-order valence-electron chi connectivity index (χ1n) is 6.12. The number of phenols is 1. The monoisotopic (exact) mass is 277 g/mol. The molecule has 0 atom stereocenters. The quantitative estimate of drug-likeness (QED) is 0.838. The Bertz CT molecular complexity index is 439. The average Bonchev–Trinajstić information content (AvgIpc) is 2.33. The number of likely N-dealkylation sites (tertiary alicyclic amines) is 1. The molecule has 0 aromatic heterocycles. The van der Waals surface area contributed by atoms with Crippen molar-refractivity contribution < 1.29 is 22.7 Å². The molecule has 0 aliphatic carbocycles. The molecule has 0 unspecified atom stereocenters. The number of halogens is 4. The molecule has 1 fully saturated rings. The van der Waals surface area contributed by atoms with Crippen LogP contribution in [0, 0.1) is 11.7 Å². The molecule has 2 nitrogen and oxygen atoms in total. The summed E-state index contributed by atoms with van der Waals surface area (Å²) in [6, 6.07) is 4.05. The van der Waals surface area contributed by atoms with Gasteiger partial charge in [0.1, 0.15) is 0 Å². The van der Waals surface area contributed by atoms with Gasteiger partial charge in [0.15, 0.2) is 11.6 Å². The lowest BCUT2D eigenvalue weighted by molar-refractivity contribution is -0.185. The molecule has 1 aromatic carbocycles. The third kappa shape index (κ3) is 3.59. The number of aromatic hydroxyl groups is 1. The van der Waals surface area contributed by atoms with Gasteiger partial charge in [0, 0.05) is 6.54 Å². The Kier molecular flexibility index (Phi) is 3.99. The van der Waals surface area contributed by atoms with Gasteiger partial charge in [-0.25, -0.2) is 4.39 Å². The van der Waals surface area contributed by atoms with Crippen molar-refractivity contribution >= 4 is 0 Å². The van der Waals surface area contributed by atoms with E-state index in [0.29, 0.717) is 25.2 Å². The van der Waals surface area contributed by atoms with E-state index in [2.05, 4.69) is 0 Å². The summed E-state index contributed by atoms with van der Waals surface area (Å²) in [4.78, 5) is 1.87. The fraction of sp³-hybridized carbons (Fsp3) is 0.538. The van der Waals surface area contributed by atoms with Gasteiger partial charge in [-0.15, -0.1) is 0 Å². The summed E-state index contributed by atoms with van der Waals surface area (Å²) in [6.45, 7) is 1.11. The molecule has 0 bridgehead atoms. The van der Waals surface area contributed by atoms with Crippen LogP contribution in [-0.2, 0) is 6.54 Å². The van der Waals surface area contributed by atoms with Crippen molar-refractivity contribution in [1.29, 1.82) is 0 Å². The smallest absolute Gasteiger partial charge is 0.391 e. The van der Waals surface area contributed by atoms with E-state index in [4.69, 9.17) is 5.11 Å². The molecule has 19 heavy (non-hydrogen) atoms. The molecule has 1 aromatic rings. The Balaban J connectivity index is 1.90. The van der Waals surface area contributed by atoms with Gasteiger partial charge in [-0.05, 0) is 43.6 Å². The van der Waals surface area contributed by atoms with E-state index in [-0.39, 0.29) is 12.8 Å². The molecule has 2 rings (SSSR count). The van der Waals surface area contributed by atoms with Crippen LogP contribution in [0.2, 0.25) is 0 Å². The van der Waals surface area contributed by atoms with E-state index >= 15 is 0 Å². The fourth-order valence-corrected chi connectivity index (χ4v) is 2.33. The van der Waals surface area contributed by atoms with E-state index in [1.807, 2.05) is 4.90 Å². The predicted octanol–water partition coefficient (Wildman–Crippen LogP) is 3.31. The molecule has 1 heterocycles. The summed E-state index contributed by atoms with van der Waals surface area (Å²) in [5.74, 6) is -2.34. The van der Waals surface area contributed by atoms with Crippen LogP contribution in [0.3, 0.4) is 0 Å². The van der Waals surface area contributed by atoms with Crippen molar-refractivity contribution in [2.24, 2.45) is 5.92 Å². The first-order chi connectivity index (χ1) is 8.86. The normalized spacial score (nSPS) is 18.7. The maximum atomic E-state index is 13.1. The van der Waals surface area contributed by atoms with Gasteiger partial charge in [0.2, 0.25) is 0 Å². The van der Waals surface area contributed by atoms with Crippen LogP contribution < -0.4 is 0 Å². The highest BCUT2D eigenvalue weighted by Crippen LogP contribution is 2.34. The molecule has 1 N–H and O–H groups in total. The van der Waals surface area contributed by atoms with Gasteiger partial charge in [0.25, 0.3) is 0 Å². The van der Waals surface area contributed by atoms with Crippen molar-refractivity contribution in [3.05, 3.63) is 29.6 Å². The molecule has 106 valence electrons. The molecule has 1 aliphatic heterocycles. The van der Waals surface area contributed by atoms with Crippen molar-refractivity contribution in [1.82, 2.24) is 4.90 Å². The highest BCUT2D eigenvalue weighted by atomic mass is 19.4. The summed E-state index contributed by atoms with van der Waals surface area (Å²) >= 11 is 0. The van der Waals surface area contributed by atoms with Crippen LogP contribution in [-0.4, -0.2) is 29.3 Å². The number of phenolic OH excluding ortho intramolecular Hbond substituents is 1. The predicted molar refractivity (Wildman–Crippen MR) is 62.1 cm³/mol. The van der Waals surface area contributed by atoms with Gasteiger partial charge < -0.3 is 5.11 Å². The third-order valence-corrected chi connectivity index (χ3v) is 3.47. The SMILES string of the molecule is Oc1ccc(CN2CCC(C(F)(F)F)CC2)cc1F. The van der Waals surface area contributed by atoms with Gasteiger partial charge in [0.05, 0.1) is 5.92 Å². The Morgan fingerprint density at radius 1 is 1.21 bits per heavy atom. The van der Waals surface area contributed by atoms with Gasteiger partial charge in [-0.2, -0.15) is 13.2 Å². The number of benzene rings is 1. The number of nitrogens with zero attached hydrogens (tertiary/aromatic N) is 1. The number of rotatable bonds is 2. The standard InChI is InChI=1S/C13H15F4NO/c14-11-7-9(1-2-12(11)19)8-18-5-3-10(4-6-18)13(15,16)17/h1-2,7,10,19H,3-6,8H2. The first kappa shape index (κ1) is 14.1. The van der Waals surface area contributed by atoms with Crippen LogP contribution in [0.25, 0.3) is 0 Å². The van der Waals surface area contributed by atoms with Crippen LogP contribution in [0.5, 0.6) is 5.75 Å². The zero-order valence-electron chi connectivity index (χ0n) is 10.3. The summed E-state index contributed by atoms with van der Waals surface area (Å²) in [6.07, 6.45) is -3.94. The Morgan fingerprint density at radius 3 is 2.37 bits per heavy atom. The van der Waals surface area contributed by atoms with E-state index < -0.39 is 23.7 Å². The second kappa shape index (κ2) is 5.36. The average molecular weight is 277 g/mol. The largest absolute Gasteiger partial charge is 0.505 e. The first-order valence-corrected chi connectivity index (χ1v) is 6.12. The van der Waals surface area contributed by atoms with Crippen molar-refractivity contribution in [2.75, 3.05) is 13.1 Å². The molecule has 0 radical (unpaired) electrons. The summed E-state index contributed by atoms with van der Waals surface area (Å²) in [5, 5.41) is 9.06. The molecule has 0 spiro atoms. The van der Waals surface area contributed by atoms with Crippen LogP contribution in [0.15, 0.2) is 18.2 Å². The Morgan fingerprint density at radius 2 is 1.84 bits per heavy atom. The summed E-state index contributed by atoms with van der Waals surface area (Å²) < 4.78 is 50.6. The number of piperidine rings is 1. The van der Waals surface area contributed by atoms with E-state index in [9.17, 15) is 17.6 Å². The molecular formula is C13H15F4NO. The lowest BCUT2D eigenvalue weighted by Crippen LogP contribution is -2.38. The molecule has 0 saturated carbocycles. The van der Waals surface area contributed by atoms with Crippen LogP contribution >= 0.6 is 0 Å². The lowest BCUT2D eigenvalue weighted by atomic mass is 9.96. The maximum absolute atomic E-state index is 13.1. The van der Waals surface area contributed by atoms with Gasteiger partial charge in [-0.1, -0.05) is 6.07 Å². The van der Waals surface area contributed by atoms with E-state index in [1.54, 1.807) is 6.07 Å². The van der Waals surface area contributed by atoms with Gasteiger partial charge in [-0.3, -0.25) is 4.90 Å². The van der Waals surface area contributed by atoms with Gasteiger partial charge >= 0.3 is 6.18 Å². The van der Waals surface area contributed by atoms with Crippen molar-refractivity contribution in [3.8, 4) is 5.75 Å². The van der Waals surface area contributed by atoms with Crippen LogP contribution in [0.4, 0.5) is 17.6 Å². The Labute approximate surface area is 108 Å². The highest BCUT2D eigenvalue weighted by Gasteiger charge is 2.40. The second-order valence-corrected chi connectivity index (χ2v) is 4.88. The minimum Gasteiger partial charge on any atom is -0.505 e. The van der Waals surface area contributed by atoms with Crippen LogP contribution in [0.1, 0.15) is 18.4 Å². The number of hydrogen-bond acceptors (Lipinski definition) is 2. The summed E-state index contributed by atoms with van der Waals surface area (Å²) in [5.41, 5.74) is 0.653. The highest BCUT2D eigenvalue weighted by molar-refractivity contribution is 5.27. The number of alkyl halides is 3. The van der Waals surface area contributed by atoms with E-state index in [1.165, 1.54) is 12.1 Å². The molecule has 6 heteroatoms. The topological polar surface area (TPSA) is 23.5 Å². The van der Waals surface area contributed by atoms with E-state index in [0.717, 1.165) is 0 Å². The molecule has 0 amide bonds. The van der Waals surface area contributed by atoms with Crippen molar-refractivity contribution in [2.45, 2.75) is 25.6 Å². The lowest BCUT2D eigenvalue weighted by Gasteiger charge is -2.32. The third-order valence-electron chi connectivity index (χ3n) is 3.47. The minimum atomic E-state index is -4.11. The zero-order valence-corrected chi connectivity index (χ0v) is 10.3. The molecule has 1 aliphatic rings. The number of hydrogen-bond donors (Lipinski definition) is 1. The summed E-state index contributed by atoms with van der Waals surface area (Å²) in [7, 11) is 0. The molecule has 1 saturated heterocycles. The second-order valence-electron chi connectivity index (χ2n) is 4.88. The maximum Gasteiger partial charge on any atom is 0.391 e. The van der Waals surface area contributed by atoms with Crippen molar-refractivity contribution in [3.63, 3.8) is 0 Å². The zero-order chi connectivity index (χ0) is 14.0. The molecular weight excluding hydrogens is 262 g/mol. The fourth-order valence-electron chi connectivity index (χ4n) is 2.33.